The third-order valence-corrected chi connectivity index (χ3v) is 0.874. The Hall–Kier alpha value is -1.05. The van der Waals surface area contributed by atoms with E-state index in [0.717, 1.165) is 0 Å². The summed E-state index contributed by atoms with van der Waals surface area (Å²) < 4.78 is 57.8. The predicted octanol–water partition coefficient (Wildman–Crippen LogP) is 1.28. The van der Waals surface area contributed by atoms with Gasteiger partial charge >= 0.3 is 0 Å². The van der Waals surface area contributed by atoms with Crippen molar-refractivity contribution in [2.75, 3.05) is 5.73 Å². The third-order valence-electron chi connectivity index (χ3n) is 0.874. The summed E-state index contributed by atoms with van der Waals surface area (Å²) in [4.78, 5) is 3.30. The van der Waals surface area contributed by atoms with Crippen LogP contribution in [0.3, 0.4) is 0 Å². The van der Waals surface area contributed by atoms with E-state index >= 15 is 0 Å². The number of nitrogen functional groups attached to an aromatic ring is 1. The fourth-order valence-electron chi connectivity index (χ4n) is 0.385. The maximum absolute atomic E-state index is 7.35. The van der Waals surface area contributed by atoms with E-state index in [1.165, 1.54) is 0 Å². The zero-order chi connectivity index (χ0) is 13.6. The maximum Gasteiger partial charge on any atom is 0.0843 e. The molecule has 0 unspecified atom stereocenters. The van der Waals surface area contributed by atoms with Gasteiger partial charge in [-0.25, -0.2) is 0 Å². The lowest BCUT2D eigenvalue weighted by Gasteiger charge is -1.99. The van der Waals surface area contributed by atoms with Gasteiger partial charge in [0, 0.05) is 26.3 Å². The van der Waals surface area contributed by atoms with Gasteiger partial charge in [-0.05, 0) is 24.8 Å². The molecular weight excluding hydrogens is 112 g/mol. The van der Waals surface area contributed by atoms with Crippen molar-refractivity contribution in [2.24, 2.45) is 0 Å². The molecule has 1 aromatic heterocycles. The van der Waals surface area contributed by atoms with E-state index in [4.69, 9.17) is 16.7 Å². The Labute approximate surface area is 66.0 Å². The number of nitrogens with two attached hydrogens (primary N) is 1. The Balaban J connectivity index is 3.67. The topological polar surface area (TPSA) is 38.9 Å². The van der Waals surface area contributed by atoms with Crippen molar-refractivity contribution in [1.29, 1.82) is 0 Å². The van der Waals surface area contributed by atoms with E-state index in [0.29, 0.717) is 0 Å². The normalized spacial score (nSPS) is 25.3. The fraction of sp³-hybridized carbons (Fsp3) is 0.286. The molecule has 9 heavy (non-hydrogen) atoms. The van der Waals surface area contributed by atoms with Crippen molar-refractivity contribution in [2.45, 2.75) is 13.7 Å². The molecule has 0 amide bonds. The second kappa shape index (κ2) is 2.05. The van der Waals surface area contributed by atoms with Crippen LogP contribution >= 0.6 is 0 Å². The largest absolute Gasteiger partial charge is 0.398 e. The van der Waals surface area contributed by atoms with Gasteiger partial charge in [-0.3, -0.25) is 4.98 Å². The zero-order valence-electron chi connectivity index (χ0n) is 12.5. The summed E-state index contributed by atoms with van der Waals surface area (Å²) in [5, 5.41) is 0. The van der Waals surface area contributed by atoms with E-state index in [1.807, 2.05) is 0 Å². The number of aromatic nitrogens is 1. The second-order valence-corrected chi connectivity index (χ2v) is 1.50. The van der Waals surface area contributed by atoms with Crippen LogP contribution in [0, 0.1) is 13.7 Å². The van der Waals surface area contributed by atoms with Gasteiger partial charge in [0.2, 0.25) is 0 Å². The number of rotatable bonds is 0. The highest BCUT2D eigenvalue weighted by Crippen LogP contribution is 2.11. The molecule has 2 heteroatoms. The first-order valence-electron chi connectivity index (χ1n) is 6.24. The average Bonchev–Trinajstić information content (AvgIpc) is 1.94. The van der Waals surface area contributed by atoms with Crippen LogP contribution in [0.25, 0.3) is 0 Å². The molecule has 1 heterocycles. The van der Waals surface area contributed by atoms with Gasteiger partial charge in [-0.15, -0.1) is 0 Å². The van der Waals surface area contributed by atoms with E-state index in [9.17, 15) is 0 Å². The van der Waals surface area contributed by atoms with Gasteiger partial charge in [-0.1, -0.05) is 0 Å². The van der Waals surface area contributed by atoms with Gasteiger partial charge in [0.15, 0.2) is 0 Å². The van der Waals surface area contributed by atoms with E-state index in [1.54, 1.807) is 0 Å². The van der Waals surface area contributed by atoms with Gasteiger partial charge < -0.3 is 5.73 Å². The molecule has 0 aromatic carbocycles. The summed E-state index contributed by atoms with van der Waals surface area (Å²) in [6.07, 6.45) is -1.39. The molecular formula is C7H10N2. The average molecular weight is 130 g/mol. The maximum atomic E-state index is 7.35. The van der Waals surface area contributed by atoms with E-state index in [-0.39, 0.29) is 0 Å². The highest BCUT2D eigenvalue weighted by molar-refractivity contribution is 5.50. The third kappa shape index (κ3) is 1.02. The van der Waals surface area contributed by atoms with Crippen LogP contribution in [0.15, 0.2) is 12.3 Å². The molecule has 48 valence electrons. The second-order valence-electron chi connectivity index (χ2n) is 1.50. The summed E-state index contributed by atoms with van der Waals surface area (Å²) in [6, 6.07) is 0. The zero-order valence-corrected chi connectivity index (χ0v) is 4.52. The van der Waals surface area contributed by atoms with Crippen molar-refractivity contribution >= 4 is 5.69 Å². The van der Waals surface area contributed by atoms with Crippen LogP contribution < -0.4 is 5.73 Å². The molecule has 2 N–H and O–H groups in total. The van der Waals surface area contributed by atoms with Gasteiger partial charge in [0.25, 0.3) is 0 Å². The van der Waals surface area contributed by atoms with Gasteiger partial charge in [0.05, 0.1) is 2.74 Å². The van der Waals surface area contributed by atoms with E-state index < -0.39 is 42.9 Å². The Morgan fingerprint density at radius 1 is 1.56 bits per heavy atom. The van der Waals surface area contributed by atoms with Gasteiger partial charge in [0.1, 0.15) is 0 Å². The number of hydrogen-bond donors (Lipinski definition) is 1. The lowest BCUT2D eigenvalue weighted by atomic mass is 10.2. The van der Waals surface area contributed by atoms with Gasteiger partial charge in [-0.2, -0.15) is 0 Å². The molecule has 0 fully saturated rings. The van der Waals surface area contributed by atoms with Crippen molar-refractivity contribution in [3.05, 3.63) is 23.5 Å². The number of anilines is 1. The van der Waals surface area contributed by atoms with Crippen LogP contribution in [0.5, 0.6) is 0 Å². The lowest BCUT2D eigenvalue weighted by Crippen LogP contribution is -1.93. The quantitative estimate of drug-likeness (QED) is 0.574. The minimum Gasteiger partial charge on any atom is -0.398 e. The lowest BCUT2D eigenvalue weighted by molar-refractivity contribution is 1.23. The molecule has 1 rings (SSSR count). The number of nitrogens with zero attached hydrogens (tertiary/aromatic N) is 1. The standard InChI is InChI=1S/C7H10N2/c1-5-3-9-4-6(2)7(5)8/h3-4H,1-2H3,(H2,8,9)/i1D3,2D3,3D,4D. The smallest absolute Gasteiger partial charge is 0.0843 e. The monoisotopic (exact) mass is 130 g/mol. The summed E-state index contributed by atoms with van der Waals surface area (Å²) in [5.74, 6) is 0. The highest BCUT2D eigenvalue weighted by atomic mass is 14.7. The van der Waals surface area contributed by atoms with Crippen LogP contribution in [0.1, 0.15) is 22.1 Å². The summed E-state index contributed by atoms with van der Waals surface area (Å²) in [6.45, 7) is -5.47. The first kappa shape index (κ1) is 1.51. The molecule has 0 aliphatic rings. The molecule has 0 aliphatic heterocycles. The fourth-order valence-corrected chi connectivity index (χ4v) is 0.385. The molecule has 0 bridgehead atoms. The minimum absolute atomic E-state index is 0.574. The SMILES string of the molecule is [2H]c1nc([2H])c(C([2H])([2H])[2H])c(N)c1C([2H])([2H])[2H]. The summed E-state index contributed by atoms with van der Waals surface area (Å²) in [7, 11) is 0. The number of pyridine rings is 1. The van der Waals surface area contributed by atoms with Crippen LogP contribution in [0.2, 0.25) is 0 Å². The van der Waals surface area contributed by atoms with Crippen LogP contribution in [-0.4, -0.2) is 4.98 Å². The van der Waals surface area contributed by atoms with Crippen molar-refractivity contribution < 1.29 is 11.0 Å². The van der Waals surface area contributed by atoms with E-state index in [2.05, 4.69) is 4.98 Å². The highest BCUT2D eigenvalue weighted by Gasteiger charge is 1.93. The molecule has 0 aliphatic carbocycles. The molecule has 1 aromatic rings. The van der Waals surface area contributed by atoms with Crippen molar-refractivity contribution in [3.8, 4) is 0 Å². The van der Waals surface area contributed by atoms with Crippen molar-refractivity contribution in [3.63, 3.8) is 0 Å². The summed E-state index contributed by atoms with van der Waals surface area (Å²) >= 11 is 0. The molecule has 0 atom stereocenters. The first-order chi connectivity index (χ1) is 7.46. The first-order valence-corrected chi connectivity index (χ1v) is 2.24. The van der Waals surface area contributed by atoms with Crippen molar-refractivity contribution in [1.82, 2.24) is 4.98 Å². The molecule has 0 saturated heterocycles. The van der Waals surface area contributed by atoms with Crippen LogP contribution in [0.4, 0.5) is 5.69 Å². The van der Waals surface area contributed by atoms with Crippen LogP contribution in [-0.2, 0) is 0 Å². The Morgan fingerprint density at radius 2 is 2.11 bits per heavy atom. The number of hydrogen-bond acceptors (Lipinski definition) is 2. The predicted molar refractivity (Wildman–Crippen MR) is 38.1 cm³/mol. The summed E-state index contributed by atoms with van der Waals surface area (Å²) in [5.41, 5.74) is 3.63. The molecule has 2 nitrogen and oxygen atoms in total. The Morgan fingerprint density at radius 3 is 2.56 bits per heavy atom. The minimum atomic E-state index is -2.73. The Bertz CT molecular complexity index is 408. The molecule has 0 radical (unpaired) electrons. The molecule has 0 saturated carbocycles. The molecule has 0 spiro atoms. The Kier molecular flexibility index (Phi) is 0.344.